The van der Waals surface area contributed by atoms with Gasteiger partial charge < -0.3 is 9.47 Å². The lowest BCUT2D eigenvalue weighted by atomic mass is 10.1. The highest BCUT2D eigenvalue weighted by Crippen LogP contribution is 2.14. The fourth-order valence-corrected chi connectivity index (χ4v) is 1.38. The molecule has 0 bridgehead atoms. The zero-order chi connectivity index (χ0) is 15.1. The molecule has 0 rings (SSSR count). The number of ether oxygens (including phenoxy) is 2. The first-order valence-electron chi connectivity index (χ1n) is 6.05. The summed E-state index contributed by atoms with van der Waals surface area (Å²) in [7, 11) is 1.30. The molecule has 0 aliphatic rings. The molecule has 1 amide bonds. The summed E-state index contributed by atoms with van der Waals surface area (Å²) in [5.41, 5.74) is -0.604. The fraction of sp³-hybridized carbons (Fsp3) is 0.571. The van der Waals surface area contributed by atoms with Gasteiger partial charge in [-0.25, -0.2) is 4.79 Å². The predicted molar refractivity (Wildman–Crippen MR) is 73.8 cm³/mol. The Bertz CT molecular complexity index is 344. The van der Waals surface area contributed by atoms with Crippen LogP contribution < -0.4 is 0 Å². The third-order valence-corrected chi connectivity index (χ3v) is 2.23. The highest BCUT2D eigenvalue weighted by Gasteiger charge is 2.27. The van der Waals surface area contributed by atoms with Crippen molar-refractivity contribution in [1.29, 1.82) is 0 Å². The molecule has 5 nitrogen and oxygen atoms in total. The Morgan fingerprint density at radius 3 is 2.26 bits per heavy atom. The molecule has 0 fully saturated rings. The van der Waals surface area contributed by atoms with Crippen LogP contribution in [-0.4, -0.2) is 42.3 Å². The number of hydrogen-bond donors (Lipinski definition) is 0. The van der Waals surface area contributed by atoms with Crippen LogP contribution in [0, 0.1) is 0 Å². The van der Waals surface area contributed by atoms with E-state index in [1.54, 1.807) is 26.8 Å². The van der Waals surface area contributed by atoms with Gasteiger partial charge in [0.25, 0.3) is 0 Å². The van der Waals surface area contributed by atoms with E-state index in [2.05, 4.69) is 17.9 Å². The van der Waals surface area contributed by atoms with Crippen LogP contribution in [0.3, 0.4) is 0 Å². The van der Waals surface area contributed by atoms with Crippen LogP contribution >= 0.6 is 0 Å². The maximum atomic E-state index is 12.1. The summed E-state index contributed by atoms with van der Waals surface area (Å²) in [5.74, 6) is -0.414. The topological polar surface area (TPSA) is 55.8 Å². The molecule has 108 valence electrons. The summed E-state index contributed by atoms with van der Waals surface area (Å²) < 4.78 is 9.89. The number of methoxy groups -OCH3 is 1. The Labute approximate surface area is 114 Å². The molecule has 0 unspecified atom stereocenters. The Morgan fingerprint density at radius 1 is 1.32 bits per heavy atom. The van der Waals surface area contributed by atoms with Gasteiger partial charge in [0.15, 0.2) is 0 Å². The lowest BCUT2D eigenvalue weighted by Crippen LogP contribution is -2.43. The van der Waals surface area contributed by atoms with Crippen LogP contribution in [0.2, 0.25) is 0 Å². The van der Waals surface area contributed by atoms with E-state index < -0.39 is 23.7 Å². The van der Waals surface area contributed by atoms with E-state index >= 15 is 0 Å². The molecule has 0 aromatic heterocycles. The van der Waals surface area contributed by atoms with E-state index in [4.69, 9.17) is 4.74 Å². The second-order valence-corrected chi connectivity index (χ2v) is 5.00. The molecule has 0 aromatic rings. The molecule has 0 N–H and O–H groups in total. The van der Waals surface area contributed by atoms with Gasteiger partial charge in [0.05, 0.1) is 19.6 Å². The van der Waals surface area contributed by atoms with Crippen LogP contribution in [-0.2, 0) is 14.3 Å². The zero-order valence-corrected chi connectivity index (χ0v) is 12.1. The van der Waals surface area contributed by atoms with Crippen LogP contribution in [0.4, 0.5) is 4.79 Å². The second kappa shape index (κ2) is 7.61. The van der Waals surface area contributed by atoms with Gasteiger partial charge in [0, 0.05) is 6.54 Å². The smallest absolute Gasteiger partial charge is 0.411 e. The van der Waals surface area contributed by atoms with E-state index in [0.717, 1.165) is 0 Å². The summed E-state index contributed by atoms with van der Waals surface area (Å²) in [6, 6.07) is -0.486. The Kier molecular flexibility index (Phi) is 6.90. The first kappa shape index (κ1) is 17.2. The first-order chi connectivity index (χ1) is 8.75. The lowest BCUT2D eigenvalue weighted by Gasteiger charge is -2.30. The summed E-state index contributed by atoms with van der Waals surface area (Å²) in [4.78, 5) is 24.8. The highest BCUT2D eigenvalue weighted by molar-refractivity contribution is 5.73. The van der Waals surface area contributed by atoms with Gasteiger partial charge in [-0.15, -0.1) is 13.2 Å². The number of hydrogen-bond acceptors (Lipinski definition) is 4. The standard InChI is InChI=1S/C14H23NO4/c1-7-9-15(13(17)19-14(3,4)5)11(8-2)10-12(16)18-6/h7-8,11H,1-2,9-10H2,3-6H3/t11-/m0/s1. The fourth-order valence-electron chi connectivity index (χ4n) is 1.38. The predicted octanol–water partition coefficient (Wildman–Crippen LogP) is 2.53. The third-order valence-electron chi connectivity index (χ3n) is 2.23. The number of rotatable bonds is 6. The molecule has 1 atom stereocenters. The van der Waals surface area contributed by atoms with Crippen molar-refractivity contribution < 1.29 is 19.1 Å². The largest absolute Gasteiger partial charge is 0.469 e. The van der Waals surface area contributed by atoms with E-state index in [1.165, 1.54) is 18.1 Å². The molecule has 0 heterocycles. The zero-order valence-electron chi connectivity index (χ0n) is 12.1. The van der Waals surface area contributed by atoms with Gasteiger partial charge in [0.1, 0.15) is 5.60 Å². The van der Waals surface area contributed by atoms with Crippen molar-refractivity contribution in [2.24, 2.45) is 0 Å². The number of carbonyl (C=O) groups excluding carboxylic acids is 2. The highest BCUT2D eigenvalue weighted by atomic mass is 16.6. The summed E-state index contributed by atoms with van der Waals surface area (Å²) in [6.07, 6.45) is 2.61. The van der Waals surface area contributed by atoms with E-state index in [9.17, 15) is 9.59 Å². The maximum absolute atomic E-state index is 12.1. The van der Waals surface area contributed by atoms with Crippen LogP contribution in [0.5, 0.6) is 0 Å². The summed E-state index contributed by atoms with van der Waals surface area (Å²) in [6.45, 7) is 12.8. The molecule has 0 aromatic carbocycles. The molecule has 19 heavy (non-hydrogen) atoms. The summed E-state index contributed by atoms with van der Waals surface area (Å²) >= 11 is 0. The second-order valence-electron chi connectivity index (χ2n) is 5.00. The summed E-state index contributed by atoms with van der Waals surface area (Å²) in [5, 5.41) is 0. The quantitative estimate of drug-likeness (QED) is 0.549. The molecular weight excluding hydrogens is 246 g/mol. The van der Waals surface area contributed by atoms with Gasteiger partial charge in [-0.05, 0) is 20.8 Å². The molecular formula is C14H23NO4. The van der Waals surface area contributed by atoms with Crippen LogP contribution in [0.1, 0.15) is 27.2 Å². The van der Waals surface area contributed by atoms with Crippen LogP contribution in [0.25, 0.3) is 0 Å². The normalized spacial score (nSPS) is 12.2. The number of nitrogens with zero attached hydrogens (tertiary/aromatic N) is 1. The van der Waals surface area contributed by atoms with Gasteiger partial charge in [0.2, 0.25) is 0 Å². The van der Waals surface area contributed by atoms with Crippen LogP contribution in [0.15, 0.2) is 25.3 Å². The maximum Gasteiger partial charge on any atom is 0.411 e. The van der Waals surface area contributed by atoms with E-state index in [-0.39, 0.29) is 13.0 Å². The van der Waals surface area contributed by atoms with Crippen molar-refractivity contribution in [2.45, 2.75) is 38.8 Å². The van der Waals surface area contributed by atoms with Gasteiger partial charge in [-0.3, -0.25) is 9.69 Å². The van der Waals surface area contributed by atoms with E-state index in [0.29, 0.717) is 0 Å². The average molecular weight is 269 g/mol. The molecule has 0 spiro atoms. The molecule has 0 aliphatic heterocycles. The molecule has 5 heteroatoms. The average Bonchev–Trinajstić information content (AvgIpc) is 2.30. The van der Waals surface area contributed by atoms with Crippen molar-refractivity contribution in [3.05, 3.63) is 25.3 Å². The Hall–Kier alpha value is -1.78. The minimum absolute atomic E-state index is 0.0348. The minimum Gasteiger partial charge on any atom is -0.469 e. The molecule has 0 saturated heterocycles. The lowest BCUT2D eigenvalue weighted by molar-refractivity contribution is -0.141. The number of carbonyl (C=O) groups is 2. The molecule has 0 radical (unpaired) electrons. The Morgan fingerprint density at radius 2 is 1.89 bits per heavy atom. The third kappa shape index (κ3) is 6.64. The van der Waals surface area contributed by atoms with Crippen molar-refractivity contribution in [3.8, 4) is 0 Å². The molecule has 0 saturated carbocycles. The SMILES string of the molecule is C=CCN(C(=O)OC(C)(C)C)[C@@H](C=C)CC(=O)OC. The van der Waals surface area contributed by atoms with Crippen molar-refractivity contribution >= 4 is 12.1 Å². The van der Waals surface area contributed by atoms with E-state index in [1.807, 2.05) is 0 Å². The van der Waals surface area contributed by atoms with Gasteiger partial charge in [-0.2, -0.15) is 0 Å². The minimum atomic E-state index is -0.604. The van der Waals surface area contributed by atoms with Crippen molar-refractivity contribution in [1.82, 2.24) is 4.90 Å². The number of amides is 1. The first-order valence-corrected chi connectivity index (χ1v) is 6.05. The van der Waals surface area contributed by atoms with Gasteiger partial charge in [-0.1, -0.05) is 12.2 Å². The molecule has 0 aliphatic carbocycles. The van der Waals surface area contributed by atoms with Crippen molar-refractivity contribution in [3.63, 3.8) is 0 Å². The Balaban J connectivity index is 4.93. The van der Waals surface area contributed by atoms with Gasteiger partial charge >= 0.3 is 12.1 Å². The van der Waals surface area contributed by atoms with Crippen molar-refractivity contribution in [2.75, 3.05) is 13.7 Å². The monoisotopic (exact) mass is 269 g/mol. The number of esters is 1.